The normalized spacial score (nSPS) is 13.5. The van der Waals surface area contributed by atoms with Gasteiger partial charge in [-0.3, -0.25) is 8.99 Å². The fraction of sp³-hybridized carbons (Fsp3) is 0.292. The second kappa shape index (κ2) is 8.15. The molecule has 0 aliphatic carbocycles. The van der Waals surface area contributed by atoms with Crippen molar-refractivity contribution in [3.8, 4) is 11.4 Å². The van der Waals surface area contributed by atoms with Gasteiger partial charge in [-0.15, -0.1) is 0 Å². The molecule has 8 nitrogen and oxygen atoms in total. The average molecular weight is 464 g/mol. The third kappa shape index (κ3) is 3.72. The van der Waals surface area contributed by atoms with Gasteiger partial charge in [0.1, 0.15) is 11.4 Å². The van der Waals surface area contributed by atoms with Crippen LogP contribution in [0.1, 0.15) is 35.3 Å². The standard InChI is InChI=1S/C24H25N5O3S/c1-4-18-9-11-20(12-10-18)24-25-22(32-27-24)15-28-17(3)23(16(2)26-28)33(30,31)29-14-13-19-7-5-6-8-21(19)29/h5-12H,4,13-15H2,1-3H3. The lowest BCUT2D eigenvalue weighted by atomic mass is 10.1. The lowest BCUT2D eigenvalue weighted by Crippen LogP contribution is -2.30. The number of rotatable bonds is 6. The van der Waals surface area contributed by atoms with E-state index in [-0.39, 0.29) is 11.4 Å². The summed E-state index contributed by atoms with van der Waals surface area (Å²) in [7, 11) is -3.75. The SMILES string of the molecule is CCc1ccc(-c2noc(Cn3nc(C)c(S(=O)(=O)N4CCc5ccccc54)c3C)n2)cc1. The van der Waals surface area contributed by atoms with E-state index >= 15 is 0 Å². The summed E-state index contributed by atoms with van der Waals surface area (Å²) in [6, 6.07) is 15.6. The highest BCUT2D eigenvalue weighted by Crippen LogP contribution is 2.34. The Labute approximate surface area is 192 Å². The van der Waals surface area contributed by atoms with Crippen LogP contribution in [0.2, 0.25) is 0 Å². The molecule has 9 heteroatoms. The van der Waals surface area contributed by atoms with Crippen molar-refractivity contribution < 1.29 is 12.9 Å². The first-order valence-corrected chi connectivity index (χ1v) is 12.4. The first-order chi connectivity index (χ1) is 15.9. The molecule has 0 saturated carbocycles. The van der Waals surface area contributed by atoms with Gasteiger partial charge in [-0.2, -0.15) is 10.1 Å². The first kappa shape index (κ1) is 21.4. The Hall–Kier alpha value is -3.46. The molecule has 170 valence electrons. The smallest absolute Gasteiger partial charge is 0.268 e. The van der Waals surface area contributed by atoms with Gasteiger partial charge in [0.25, 0.3) is 10.0 Å². The molecule has 0 radical (unpaired) electrons. The van der Waals surface area contributed by atoms with Crippen LogP contribution in [0.5, 0.6) is 0 Å². The quantitative estimate of drug-likeness (QED) is 0.430. The molecule has 33 heavy (non-hydrogen) atoms. The summed E-state index contributed by atoms with van der Waals surface area (Å²) in [6.07, 6.45) is 1.66. The molecule has 0 saturated heterocycles. The molecular weight excluding hydrogens is 438 g/mol. The van der Waals surface area contributed by atoms with Crippen molar-refractivity contribution in [2.75, 3.05) is 10.8 Å². The van der Waals surface area contributed by atoms with E-state index < -0.39 is 10.0 Å². The average Bonchev–Trinajstić information content (AvgIpc) is 3.52. The Kier molecular flexibility index (Phi) is 5.28. The summed E-state index contributed by atoms with van der Waals surface area (Å²) < 4.78 is 35.7. The zero-order valence-electron chi connectivity index (χ0n) is 18.8. The van der Waals surface area contributed by atoms with Crippen LogP contribution in [0.3, 0.4) is 0 Å². The lowest BCUT2D eigenvalue weighted by molar-refractivity contribution is 0.364. The van der Waals surface area contributed by atoms with Crippen molar-refractivity contribution >= 4 is 15.7 Å². The minimum atomic E-state index is -3.75. The molecule has 1 aliphatic heterocycles. The monoisotopic (exact) mass is 463 g/mol. The third-order valence-corrected chi connectivity index (χ3v) is 8.15. The van der Waals surface area contributed by atoms with Gasteiger partial charge in [-0.05, 0) is 43.9 Å². The van der Waals surface area contributed by atoms with Gasteiger partial charge < -0.3 is 4.52 Å². The lowest BCUT2D eigenvalue weighted by Gasteiger charge is -2.19. The van der Waals surface area contributed by atoms with Crippen LogP contribution in [-0.4, -0.2) is 34.9 Å². The summed E-state index contributed by atoms with van der Waals surface area (Å²) in [6.45, 7) is 6.20. The summed E-state index contributed by atoms with van der Waals surface area (Å²) in [4.78, 5) is 4.71. The van der Waals surface area contributed by atoms with Crippen molar-refractivity contribution in [1.82, 2.24) is 19.9 Å². The summed E-state index contributed by atoms with van der Waals surface area (Å²) >= 11 is 0. The maximum Gasteiger partial charge on any atom is 0.268 e. The van der Waals surface area contributed by atoms with Crippen LogP contribution >= 0.6 is 0 Å². The molecule has 2 aromatic carbocycles. The zero-order chi connectivity index (χ0) is 23.2. The molecular formula is C24H25N5O3S. The van der Waals surface area contributed by atoms with Crippen molar-refractivity contribution in [2.45, 2.75) is 45.1 Å². The molecule has 5 rings (SSSR count). The van der Waals surface area contributed by atoms with Crippen molar-refractivity contribution in [3.63, 3.8) is 0 Å². The Balaban J connectivity index is 1.43. The molecule has 3 heterocycles. The molecule has 4 aromatic rings. The van der Waals surface area contributed by atoms with Gasteiger partial charge in [0.15, 0.2) is 0 Å². The number of anilines is 1. The maximum absolute atomic E-state index is 13.6. The van der Waals surface area contributed by atoms with Gasteiger partial charge in [-0.25, -0.2) is 8.42 Å². The summed E-state index contributed by atoms with van der Waals surface area (Å²) in [5, 5.41) is 8.57. The second-order valence-corrected chi connectivity index (χ2v) is 9.97. The highest BCUT2D eigenvalue weighted by atomic mass is 32.2. The highest BCUT2D eigenvalue weighted by Gasteiger charge is 2.35. The predicted molar refractivity (Wildman–Crippen MR) is 125 cm³/mol. The Bertz CT molecular complexity index is 1420. The van der Waals surface area contributed by atoms with Crippen LogP contribution in [0.25, 0.3) is 11.4 Å². The number of hydrogen-bond donors (Lipinski definition) is 0. The summed E-state index contributed by atoms with van der Waals surface area (Å²) in [5.74, 6) is 0.862. The van der Waals surface area contributed by atoms with E-state index in [1.807, 2.05) is 48.5 Å². The molecule has 0 bridgehead atoms. The number of nitrogens with zero attached hydrogens (tertiary/aromatic N) is 5. The Morgan fingerprint density at radius 3 is 2.58 bits per heavy atom. The number of para-hydroxylation sites is 1. The minimum Gasteiger partial charge on any atom is -0.337 e. The molecule has 0 fully saturated rings. The van der Waals surface area contributed by atoms with E-state index in [1.165, 1.54) is 9.87 Å². The molecule has 2 aromatic heterocycles. The molecule has 0 N–H and O–H groups in total. The fourth-order valence-corrected chi connectivity index (χ4v) is 6.21. The molecule has 0 spiro atoms. The molecule has 0 unspecified atom stereocenters. The number of fused-ring (bicyclic) bond motifs is 1. The third-order valence-electron chi connectivity index (χ3n) is 6.08. The Morgan fingerprint density at radius 1 is 1.06 bits per heavy atom. The van der Waals surface area contributed by atoms with E-state index in [0.29, 0.717) is 36.1 Å². The van der Waals surface area contributed by atoms with Crippen LogP contribution in [0.4, 0.5) is 5.69 Å². The molecule has 0 atom stereocenters. The van der Waals surface area contributed by atoms with Gasteiger partial charge in [0.05, 0.1) is 17.1 Å². The fourth-order valence-electron chi connectivity index (χ4n) is 4.33. The number of hydrogen-bond acceptors (Lipinski definition) is 6. The van der Waals surface area contributed by atoms with Gasteiger partial charge in [-0.1, -0.05) is 54.5 Å². The number of benzene rings is 2. The van der Waals surface area contributed by atoms with Crippen LogP contribution < -0.4 is 4.31 Å². The van der Waals surface area contributed by atoms with Crippen LogP contribution in [-0.2, 0) is 29.4 Å². The molecule has 1 aliphatic rings. The van der Waals surface area contributed by atoms with E-state index in [9.17, 15) is 8.42 Å². The number of sulfonamides is 1. The number of aryl methyl sites for hydroxylation is 2. The second-order valence-electron chi connectivity index (χ2n) is 8.18. The predicted octanol–water partition coefficient (Wildman–Crippen LogP) is 3.91. The largest absolute Gasteiger partial charge is 0.337 e. The minimum absolute atomic E-state index is 0.193. The topological polar surface area (TPSA) is 94.1 Å². The van der Waals surface area contributed by atoms with Crippen LogP contribution in [0, 0.1) is 13.8 Å². The van der Waals surface area contributed by atoms with Crippen molar-refractivity contribution in [2.24, 2.45) is 0 Å². The number of aromatic nitrogens is 4. The Morgan fingerprint density at radius 2 is 1.82 bits per heavy atom. The van der Waals surface area contributed by atoms with Crippen molar-refractivity contribution in [3.05, 3.63) is 76.9 Å². The van der Waals surface area contributed by atoms with Gasteiger partial charge in [0.2, 0.25) is 11.7 Å². The van der Waals surface area contributed by atoms with E-state index in [4.69, 9.17) is 4.52 Å². The maximum atomic E-state index is 13.6. The van der Waals surface area contributed by atoms with E-state index in [2.05, 4.69) is 22.2 Å². The van der Waals surface area contributed by atoms with Crippen LogP contribution in [0.15, 0.2) is 57.9 Å². The highest BCUT2D eigenvalue weighted by molar-refractivity contribution is 7.93. The van der Waals surface area contributed by atoms with Gasteiger partial charge >= 0.3 is 0 Å². The van der Waals surface area contributed by atoms with E-state index in [0.717, 1.165) is 23.2 Å². The van der Waals surface area contributed by atoms with Crippen molar-refractivity contribution in [1.29, 1.82) is 0 Å². The molecule has 0 amide bonds. The van der Waals surface area contributed by atoms with Gasteiger partial charge in [0, 0.05) is 12.1 Å². The van der Waals surface area contributed by atoms with E-state index in [1.54, 1.807) is 18.5 Å². The first-order valence-electron chi connectivity index (χ1n) is 10.9. The summed E-state index contributed by atoms with van der Waals surface area (Å²) in [5.41, 5.74) is 4.87. The zero-order valence-corrected chi connectivity index (χ0v) is 19.6.